The molecule has 0 saturated heterocycles. The fourth-order valence-corrected chi connectivity index (χ4v) is 3.29. The van der Waals surface area contributed by atoms with Crippen molar-refractivity contribution in [3.8, 4) is 0 Å². The maximum atomic E-state index is 3.75. The van der Waals surface area contributed by atoms with Gasteiger partial charge in [-0.15, -0.1) is 0 Å². The van der Waals surface area contributed by atoms with Gasteiger partial charge >= 0.3 is 0 Å². The first kappa shape index (κ1) is 12.9. The van der Waals surface area contributed by atoms with Gasteiger partial charge in [-0.2, -0.15) is 0 Å². The van der Waals surface area contributed by atoms with Gasteiger partial charge in [0.15, 0.2) is 0 Å². The minimum atomic E-state index is 0.661. The van der Waals surface area contributed by atoms with Crippen LogP contribution in [0.1, 0.15) is 44.7 Å². The Kier molecular flexibility index (Phi) is 4.13. The Bertz CT molecular complexity index is 381. The third-order valence-corrected chi connectivity index (χ3v) is 3.97. The van der Waals surface area contributed by atoms with E-state index in [1.807, 2.05) is 0 Å². The zero-order valence-electron chi connectivity index (χ0n) is 11.0. The van der Waals surface area contributed by atoms with Crippen molar-refractivity contribution in [1.82, 2.24) is 0 Å². The summed E-state index contributed by atoms with van der Waals surface area (Å²) >= 11 is 3.61. The molecule has 0 amide bonds. The molecular formula is C15H22BrN. The van der Waals surface area contributed by atoms with Crippen LogP contribution in [0.2, 0.25) is 0 Å². The number of hydrogen-bond acceptors (Lipinski definition) is 1. The van der Waals surface area contributed by atoms with Crippen LogP contribution in [0.25, 0.3) is 0 Å². The minimum absolute atomic E-state index is 0.661. The van der Waals surface area contributed by atoms with Gasteiger partial charge in [-0.3, -0.25) is 0 Å². The van der Waals surface area contributed by atoms with Gasteiger partial charge in [-0.1, -0.05) is 36.7 Å². The van der Waals surface area contributed by atoms with E-state index in [0.717, 1.165) is 12.3 Å². The Balaban J connectivity index is 2.24. The zero-order chi connectivity index (χ0) is 12.4. The van der Waals surface area contributed by atoms with Crippen LogP contribution < -0.4 is 5.32 Å². The molecule has 2 heteroatoms. The summed E-state index contributed by atoms with van der Waals surface area (Å²) in [5, 5.41) is 3.75. The Morgan fingerprint density at radius 2 is 2.18 bits per heavy atom. The quantitative estimate of drug-likeness (QED) is 0.846. The van der Waals surface area contributed by atoms with E-state index in [-0.39, 0.29) is 0 Å². The second kappa shape index (κ2) is 5.43. The number of benzene rings is 1. The lowest BCUT2D eigenvalue weighted by Crippen LogP contribution is -2.27. The van der Waals surface area contributed by atoms with Crippen molar-refractivity contribution in [3.63, 3.8) is 0 Å². The smallest absolute Gasteiger partial charge is 0.0408 e. The first-order valence-corrected chi connectivity index (χ1v) is 7.47. The van der Waals surface area contributed by atoms with Crippen LogP contribution in [0.3, 0.4) is 0 Å². The van der Waals surface area contributed by atoms with E-state index in [4.69, 9.17) is 0 Å². The molecule has 1 aliphatic heterocycles. The molecule has 1 heterocycles. The molecule has 1 unspecified atom stereocenters. The summed E-state index contributed by atoms with van der Waals surface area (Å²) in [7, 11) is 0. The summed E-state index contributed by atoms with van der Waals surface area (Å²) in [6, 6.07) is 5.19. The fraction of sp³-hybridized carbons (Fsp3) is 0.600. The molecule has 0 radical (unpaired) electrons. The molecule has 1 aromatic carbocycles. The number of halogens is 1. The van der Waals surface area contributed by atoms with Gasteiger partial charge in [0.2, 0.25) is 0 Å². The second-order valence-electron chi connectivity index (χ2n) is 5.46. The van der Waals surface area contributed by atoms with Gasteiger partial charge in [-0.05, 0) is 54.9 Å². The molecule has 1 atom stereocenters. The SMILES string of the molecule is CCc1cc(Br)cc2c1NC(CC(C)C)CC2. The van der Waals surface area contributed by atoms with Crippen LogP contribution in [0.15, 0.2) is 16.6 Å². The Labute approximate surface area is 113 Å². The lowest BCUT2D eigenvalue weighted by atomic mass is 9.90. The van der Waals surface area contributed by atoms with Gasteiger partial charge < -0.3 is 5.32 Å². The van der Waals surface area contributed by atoms with Crippen molar-refractivity contribution in [2.24, 2.45) is 5.92 Å². The van der Waals surface area contributed by atoms with Crippen molar-refractivity contribution in [1.29, 1.82) is 0 Å². The van der Waals surface area contributed by atoms with Crippen LogP contribution in [-0.2, 0) is 12.8 Å². The molecule has 0 fully saturated rings. The van der Waals surface area contributed by atoms with Crippen molar-refractivity contribution in [3.05, 3.63) is 27.7 Å². The summed E-state index contributed by atoms with van der Waals surface area (Å²) in [5.41, 5.74) is 4.34. The zero-order valence-corrected chi connectivity index (χ0v) is 12.6. The highest BCUT2D eigenvalue weighted by Crippen LogP contribution is 2.33. The predicted molar refractivity (Wildman–Crippen MR) is 78.7 cm³/mol. The molecule has 94 valence electrons. The Hall–Kier alpha value is -0.500. The summed E-state index contributed by atoms with van der Waals surface area (Å²) < 4.78 is 1.22. The molecule has 17 heavy (non-hydrogen) atoms. The molecule has 0 aliphatic carbocycles. The van der Waals surface area contributed by atoms with Crippen molar-refractivity contribution in [2.45, 2.75) is 52.5 Å². The highest BCUT2D eigenvalue weighted by molar-refractivity contribution is 9.10. The molecule has 2 rings (SSSR count). The Morgan fingerprint density at radius 1 is 1.41 bits per heavy atom. The average molecular weight is 296 g/mol. The predicted octanol–water partition coefficient (Wildman–Crippen LogP) is 4.78. The first-order chi connectivity index (χ1) is 8.10. The van der Waals surface area contributed by atoms with Crippen molar-refractivity contribution >= 4 is 21.6 Å². The molecule has 0 bridgehead atoms. The maximum absolute atomic E-state index is 3.75. The second-order valence-corrected chi connectivity index (χ2v) is 6.38. The molecule has 0 saturated carbocycles. The van der Waals surface area contributed by atoms with Gasteiger partial charge in [0.25, 0.3) is 0 Å². The first-order valence-electron chi connectivity index (χ1n) is 6.68. The van der Waals surface area contributed by atoms with Crippen molar-refractivity contribution in [2.75, 3.05) is 5.32 Å². The fourth-order valence-electron chi connectivity index (χ4n) is 2.74. The molecule has 1 aliphatic rings. The Morgan fingerprint density at radius 3 is 2.82 bits per heavy atom. The third-order valence-electron chi connectivity index (χ3n) is 3.51. The van der Waals surface area contributed by atoms with E-state index in [9.17, 15) is 0 Å². The van der Waals surface area contributed by atoms with Gasteiger partial charge in [0.1, 0.15) is 0 Å². The van der Waals surface area contributed by atoms with Gasteiger partial charge in [0.05, 0.1) is 0 Å². The number of rotatable bonds is 3. The normalized spacial score (nSPS) is 19.0. The van der Waals surface area contributed by atoms with E-state index in [1.165, 1.54) is 40.5 Å². The topological polar surface area (TPSA) is 12.0 Å². The van der Waals surface area contributed by atoms with E-state index in [2.05, 4.69) is 54.2 Å². The van der Waals surface area contributed by atoms with Crippen LogP contribution in [-0.4, -0.2) is 6.04 Å². The van der Waals surface area contributed by atoms with Gasteiger partial charge in [0, 0.05) is 16.2 Å². The number of aryl methyl sites for hydroxylation is 2. The van der Waals surface area contributed by atoms with Crippen LogP contribution >= 0.6 is 15.9 Å². The van der Waals surface area contributed by atoms with Crippen LogP contribution in [0.4, 0.5) is 5.69 Å². The summed E-state index contributed by atoms with van der Waals surface area (Å²) in [5.74, 6) is 0.773. The van der Waals surface area contributed by atoms with Crippen LogP contribution in [0, 0.1) is 5.92 Å². The van der Waals surface area contributed by atoms with Gasteiger partial charge in [-0.25, -0.2) is 0 Å². The number of hydrogen-bond donors (Lipinski definition) is 1. The van der Waals surface area contributed by atoms with Crippen molar-refractivity contribution < 1.29 is 0 Å². The summed E-state index contributed by atoms with van der Waals surface area (Å²) in [6.07, 6.45) is 4.86. The maximum Gasteiger partial charge on any atom is 0.0408 e. The summed E-state index contributed by atoms with van der Waals surface area (Å²) in [6.45, 7) is 6.84. The minimum Gasteiger partial charge on any atom is -0.382 e. The molecule has 1 nitrogen and oxygen atoms in total. The third kappa shape index (κ3) is 3.04. The number of anilines is 1. The highest BCUT2D eigenvalue weighted by atomic mass is 79.9. The molecule has 1 aromatic rings. The van der Waals surface area contributed by atoms with E-state index < -0.39 is 0 Å². The van der Waals surface area contributed by atoms with E-state index in [1.54, 1.807) is 0 Å². The summed E-state index contributed by atoms with van der Waals surface area (Å²) in [4.78, 5) is 0. The lowest BCUT2D eigenvalue weighted by molar-refractivity contribution is 0.487. The largest absolute Gasteiger partial charge is 0.382 e. The lowest BCUT2D eigenvalue weighted by Gasteiger charge is -2.30. The molecule has 1 N–H and O–H groups in total. The monoisotopic (exact) mass is 295 g/mol. The molecule has 0 spiro atoms. The highest BCUT2D eigenvalue weighted by Gasteiger charge is 2.20. The number of nitrogens with one attached hydrogen (secondary N) is 1. The van der Waals surface area contributed by atoms with Crippen LogP contribution in [0.5, 0.6) is 0 Å². The number of fused-ring (bicyclic) bond motifs is 1. The van der Waals surface area contributed by atoms with E-state index >= 15 is 0 Å². The average Bonchev–Trinajstić information content (AvgIpc) is 2.27. The van der Waals surface area contributed by atoms with E-state index in [0.29, 0.717) is 6.04 Å². The molecule has 0 aromatic heterocycles. The molecular weight excluding hydrogens is 274 g/mol. The standard InChI is InChI=1S/C15H22BrN/c1-4-11-8-13(16)9-12-5-6-14(7-10(2)3)17-15(11)12/h8-10,14,17H,4-7H2,1-3H3.